The standard InChI is InChI=1S/C18H22N4O3S/c1-4-25-10-15-20-21-18(26-15)19-17(24)13-8-16(23)22(9-13)14-7-5-6-11(2)12(14)3/h5-7,13H,4,8-10H2,1-3H3,(H,19,21,24)/t13-/m1/s1. The monoisotopic (exact) mass is 374 g/mol. The fourth-order valence-electron chi connectivity index (χ4n) is 2.90. The number of ether oxygens (including phenoxy) is 1. The molecule has 1 aromatic carbocycles. The van der Waals surface area contributed by atoms with Crippen molar-refractivity contribution in [1.29, 1.82) is 0 Å². The number of rotatable bonds is 6. The maximum atomic E-state index is 12.5. The van der Waals surface area contributed by atoms with Crippen LogP contribution in [0.1, 0.15) is 29.5 Å². The fraction of sp³-hybridized carbons (Fsp3) is 0.444. The van der Waals surface area contributed by atoms with Crippen molar-refractivity contribution in [2.24, 2.45) is 5.92 Å². The zero-order chi connectivity index (χ0) is 18.7. The Hall–Kier alpha value is -2.32. The van der Waals surface area contributed by atoms with E-state index in [1.54, 1.807) is 4.90 Å². The third-order valence-electron chi connectivity index (χ3n) is 4.49. The molecule has 1 fully saturated rings. The summed E-state index contributed by atoms with van der Waals surface area (Å²) in [6.07, 6.45) is 0.198. The van der Waals surface area contributed by atoms with Gasteiger partial charge in [0, 0.05) is 25.3 Å². The molecule has 1 N–H and O–H groups in total. The first kappa shape index (κ1) is 18.5. The molecule has 0 unspecified atom stereocenters. The van der Waals surface area contributed by atoms with E-state index >= 15 is 0 Å². The highest BCUT2D eigenvalue weighted by molar-refractivity contribution is 7.15. The number of hydrogen-bond acceptors (Lipinski definition) is 6. The number of anilines is 2. The Morgan fingerprint density at radius 2 is 2.19 bits per heavy atom. The highest BCUT2D eigenvalue weighted by Gasteiger charge is 2.36. The molecule has 138 valence electrons. The Morgan fingerprint density at radius 1 is 1.38 bits per heavy atom. The second kappa shape index (κ2) is 7.92. The third kappa shape index (κ3) is 3.91. The molecule has 3 rings (SSSR count). The Labute approximate surface area is 156 Å². The average Bonchev–Trinajstić information content (AvgIpc) is 3.22. The Kier molecular flexibility index (Phi) is 5.63. The van der Waals surface area contributed by atoms with Gasteiger partial charge in [0.05, 0.1) is 5.92 Å². The van der Waals surface area contributed by atoms with E-state index in [9.17, 15) is 9.59 Å². The summed E-state index contributed by atoms with van der Waals surface area (Å²) in [5.41, 5.74) is 3.06. The van der Waals surface area contributed by atoms with Crippen molar-refractivity contribution in [3.63, 3.8) is 0 Å². The van der Waals surface area contributed by atoms with Crippen LogP contribution in [0.5, 0.6) is 0 Å². The minimum Gasteiger partial charge on any atom is -0.374 e. The molecular weight excluding hydrogens is 352 g/mol. The molecule has 2 amide bonds. The van der Waals surface area contributed by atoms with Crippen molar-refractivity contribution < 1.29 is 14.3 Å². The van der Waals surface area contributed by atoms with Crippen LogP contribution >= 0.6 is 11.3 Å². The van der Waals surface area contributed by atoms with Gasteiger partial charge in [0.15, 0.2) is 0 Å². The summed E-state index contributed by atoms with van der Waals surface area (Å²) in [4.78, 5) is 26.7. The van der Waals surface area contributed by atoms with Gasteiger partial charge in [0.2, 0.25) is 16.9 Å². The lowest BCUT2D eigenvalue weighted by atomic mass is 10.1. The quantitative estimate of drug-likeness (QED) is 0.840. The molecule has 8 heteroatoms. The van der Waals surface area contributed by atoms with Crippen molar-refractivity contribution >= 4 is 34.0 Å². The normalized spacial score (nSPS) is 17.0. The Morgan fingerprint density at radius 3 is 2.96 bits per heavy atom. The number of amides is 2. The van der Waals surface area contributed by atoms with Crippen LogP contribution in [-0.4, -0.2) is 35.2 Å². The topological polar surface area (TPSA) is 84.4 Å². The van der Waals surface area contributed by atoms with Gasteiger partial charge in [0.1, 0.15) is 11.6 Å². The summed E-state index contributed by atoms with van der Waals surface area (Å²) in [5.74, 6) is -0.639. The van der Waals surface area contributed by atoms with Crippen LogP contribution in [0.2, 0.25) is 0 Å². The number of carbonyl (C=O) groups excluding carboxylic acids is 2. The minimum absolute atomic E-state index is 0.0341. The van der Waals surface area contributed by atoms with Gasteiger partial charge in [-0.2, -0.15) is 0 Å². The second-order valence-corrected chi connectivity index (χ2v) is 7.31. The molecular formula is C18H22N4O3S. The van der Waals surface area contributed by atoms with E-state index in [2.05, 4.69) is 15.5 Å². The zero-order valence-electron chi connectivity index (χ0n) is 15.1. The van der Waals surface area contributed by atoms with Gasteiger partial charge in [-0.05, 0) is 38.0 Å². The van der Waals surface area contributed by atoms with Crippen LogP contribution in [0.25, 0.3) is 0 Å². The lowest BCUT2D eigenvalue weighted by Gasteiger charge is -2.20. The SMILES string of the molecule is CCOCc1nnc(NC(=O)[C@@H]2CC(=O)N(c3cccc(C)c3C)C2)s1. The van der Waals surface area contributed by atoms with E-state index in [-0.39, 0.29) is 18.2 Å². The Balaban J connectivity index is 1.65. The van der Waals surface area contributed by atoms with E-state index in [4.69, 9.17) is 4.74 Å². The number of benzene rings is 1. The molecule has 1 aliphatic rings. The first-order chi connectivity index (χ1) is 12.5. The summed E-state index contributed by atoms with van der Waals surface area (Å²) < 4.78 is 5.28. The summed E-state index contributed by atoms with van der Waals surface area (Å²) in [7, 11) is 0. The largest absolute Gasteiger partial charge is 0.374 e. The van der Waals surface area contributed by atoms with Crippen LogP contribution < -0.4 is 10.2 Å². The van der Waals surface area contributed by atoms with Crippen LogP contribution in [0.15, 0.2) is 18.2 Å². The summed E-state index contributed by atoms with van der Waals surface area (Å²) in [6.45, 7) is 7.26. The summed E-state index contributed by atoms with van der Waals surface area (Å²) in [6, 6.07) is 5.86. The van der Waals surface area contributed by atoms with Crippen molar-refractivity contribution in [2.45, 2.75) is 33.8 Å². The second-order valence-electron chi connectivity index (χ2n) is 6.25. The van der Waals surface area contributed by atoms with E-state index < -0.39 is 5.92 Å². The molecule has 1 saturated heterocycles. The first-order valence-electron chi connectivity index (χ1n) is 8.57. The van der Waals surface area contributed by atoms with Gasteiger partial charge in [-0.3, -0.25) is 9.59 Å². The van der Waals surface area contributed by atoms with Crippen molar-refractivity contribution in [3.8, 4) is 0 Å². The minimum atomic E-state index is -0.401. The van der Waals surface area contributed by atoms with Crippen LogP contribution in [0.3, 0.4) is 0 Å². The highest BCUT2D eigenvalue weighted by atomic mass is 32.1. The average molecular weight is 374 g/mol. The molecule has 0 radical (unpaired) electrons. The smallest absolute Gasteiger partial charge is 0.231 e. The van der Waals surface area contributed by atoms with E-state index in [1.807, 2.05) is 39.0 Å². The highest BCUT2D eigenvalue weighted by Crippen LogP contribution is 2.30. The van der Waals surface area contributed by atoms with Gasteiger partial charge in [-0.25, -0.2) is 0 Å². The van der Waals surface area contributed by atoms with Gasteiger partial charge >= 0.3 is 0 Å². The maximum absolute atomic E-state index is 12.5. The molecule has 26 heavy (non-hydrogen) atoms. The van der Waals surface area contributed by atoms with Crippen LogP contribution in [0, 0.1) is 19.8 Å². The van der Waals surface area contributed by atoms with Crippen molar-refractivity contribution in [3.05, 3.63) is 34.3 Å². The molecule has 0 spiro atoms. The Bertz CT molecular complexity index is 821. The zero-order valence-corrected chi connectivity index (χ0v) is 15.9. The maximum Gasteiger partial charge on any atom is 0.231 e. The molecule has 0 bridgehead atoms. The van der Waals surface area contributed by atoms with E-state index in [0.29, 0.717) is 29.9 Å². The number of nitrogens with one attached hydrogen (secondary N) is 1. The number of aryl methyl sites for hydroxylation is 1. The van der Waals surface area contributed by atoms with Gasteiger partial charge < -0.3 is 15.0 Å². The van der Waals surface area contributed by atoms with Gasteiger partial charge in [-0.1, -0.05) is 23.5 Å². The molecule has 7 nitrogen and oxygen atoms in total. The van der Waals surface area contributed by atoms with E-state index in [1.165, 1.54) is 11.3 Å². The number of carbonyl (C=O) groups is 2. The molecule has 2 heterocycles. The van der Waals surface area contributed by atoms with Crippen LogP contribution in [-0.2, 0) is 20.9 Å². The first-order valence-corrected chi connectivity index (χ1v) is 9.38. The lowest BCUT2D eigenvalue weighted by Crippen LogP contribution is -2.28. The number of hydrogen-bond donors (Lipinski definition) is 1. The van der Waals surface area contributed by atoms with Crippen LogP contribution in [0.4, 0.5) is 10.8 Å². The number of nitrogens with zero attached hydrogens (tertiary/aromatic N) is 3. The predicted molar refractivity (Wildman–Crippen MR) is 100 cm³/mol. The predicted octanol–water partition coefficient (Wildman–Crippen LogP) is 2.68. The van der Waals surface area contributed by atoms with Crippen molar-refractivity contribution in [2.75, 3.05) is 23.4 Å². The molecule has 2 aromatic rings. The molecule has 0 saturated carbocycles. The molecule has 1 aliphatic heterocycles. The van der Waals surface area contributed by atoms with Gasteiger partial charge in [0.25, 0.3) is 0 Å². The van der Waals surface area contributed by atoms with Crippen molar-refractivity contribution in [1.82, 2.24) is 10.2 Å². The third-order valence-corrected chi connectivity index (χ3v) is 5.30. The van der Waals surface area contributed by atoms with E-state index in [0.717, 1.165) is 16.8 Å². The lowest BCUT2D eigenvalue weighted by molar-refractivity contribution is -0.122. The summed E-state index contributed by atoms with van der Waals surface area (Å²) in [5, 5.41) is 11.9. The fourth-order valence-corrected chi connectivity index (χ4v) is 3.58. The number of aromatic nitrogens is 2. The summed E-state index contributed by atoms with van der Waals surface area (Å²) >= 11 is 1.28. The molecule has 1 atom stereocenters. The molecule has 1 aromatic heterocycles. The van der Waals surface area contributed by atoms with Gasteiger partial charge in [-0.15, -0.1) is 10.2 Å². The molecule has 0 aliphatic carbocycles.